The van der Waals surface area contributed by atoms with Gasteiger partial charge in [0, 0.05) is 30.2 Å². The van der Waals surface area contributed by atoms with E-state index in [0.29, 0.717) is 17.0 Å². The van der Waals surface area contributed by atoms with Crippen LogP contribution in [-0.4, -0.2) is 32.8 Å². The molecule has 4 rings (SSSR count). The molecule has 0 radical (unpaired) electrons. The van der Waals surface area contributed by atoms with Gasteiger partial charge in [-0.2, -0.15) is 4.31 Å². The van der Waals surface area contributed by atoms with Gasteiger partial charge in [0.15, 0.2) is 0 Å². The van der Waals surface area contributed by atoms with Gasteiger partial charge in [0.1, 0.15) is 11.3 Å². The SMILES string of the molecule is COc1ccc2occ(CC(=O)Nc3ccc(S(=O)(=O)N(C)Cc4ccccc4)cc3)c2c1. The molecule has 0 bridgehead atoms. The van der Waals surface area contributed by atoms with Gasteiger partial charge in [0.25, 0.3) is 0 Å². The van der Waals surface area contributed by atoms with Crippen molar-refractivity contribution >= 4 is 32.6 Å². The highest BCUT2D eigenvalue weighted by molar-refractivity contribution is 7.89. The summed E-state index contributed by atoms with van der Waals surface area (Å²) in [5.41, 5.74) is 2.82. The van der Waals surface area contributed by atoms with Gasteiger partial charge >= 0.3 is 0 Å². The van der Waals surface area contributed by atoms with E-state index in [2.05, 4.69) is 5.32 Å². The Morgan fingerprint density at radius 3 is 2.45 bits per heavy atom. The van der Waals surface area contributed by atoms with Crippen LogP contribution in [0.15, 0.2) is 88.4 Å². The Bertz CT molecular complexity index is 1360. The average Bonchev–Trinajstić information content (AvgIpc) is 3.21. The Morgan fingerprint density at radius 1 is 1.03 bits per heavy atom. The normalized spacial score (nSPS) is 11.6. The van der Waals surface area contributed by atoms with E-state index in [9.17, 15) is 13.2 Å². The van der Waals surface area contributed by atoms with Crippen LogP contribution in [0.25, 0.3) is 11.0 Å². The lowest BCUT2D eigenvalue weighted by molar-refractivity contribution is -0.115. The lowest BCUT2D eigenvalue weighted by Crippen LogP contribution is -2.26. The van der Waals surface area contributed by atoms with Crippen LogP contribution in [0.1, 0.15) is 11.1 Å². The summed E-state index contributed by atoms with van der Waals surface area (Å²) in [6, 6.07) is 20.9. The smallest absolute Gasteiger partial charge is 0.243 e. The molecule has 0 aliphatic heterocycles. The summed E-state index contributed by atoms with van der Waals surface area (Å²) in [6.45, 7) is 0.269. The van der Waals surface area contributed by atoms with Crippen molar-refractivity contribution in [2.24, 2.45) is 0 Å². The van der Waals surface area contributed by atoms with Crippen LogP contribution >= 0.6 is 0 Å². The van der Waals surface area contributed by atoms with Gasteiger partial charge < -0.3 is 14.5 Å². The van der Waals surface area contributed by atoms with Gasteiger partial charge in [-0.3, -0.25) is 4.79 Å². The molecule has 3 aromatic carbocycles. The molecule has 170 valence electrons. The molecule has 7 nitrogen and oxygen atoms in total. The van der Waals surface area contributed by atoms with Gasteiger partial charge in [-0.15, -0.1) is 0 Å². The number of nitrogens with one attached hydrogen (secondary N) is 1. The van der Waals surface area contributed by atoms with Crippen molar-refractivity contribution in [1.82, 2.24) is 4.31 Å². The van der Waals surface area contributed by atoms with E-state index in [1.54, 1.807) is 44.7 Å². The first kappa shape index (κ1) is 22.6. The largest absolute Gasteiger partial charge is 0.497 e. The number of nitrogens with zero attached hydrogens (tertiary/aromatic N) is 1. The molecule has 1 N–H and O–H groups in total. The number of methoxy groups -OCH3 is 1. The zero-order valence-corrected chi connectivity index (χ0v) is 19.1. The number of hydrogen-bond donors (Lipinski definition) is 1. The molecule has 0 saturated heterocycles. The third-order valence-corrected chi connectivity index (χ3v) is 7.12. The molecule has 0 atom stereocenters. The van der Waals surface area contributed by atoms with E-state index in [4.69, 9.17) is 9.15 Å². The van der Waals surface area contributed by atoms with E-state index in [0.717, 1.165) is 16.5 Å². The van der Waals surface area contributed by atoms with Crippen molar-refractivity contribution < 1.29 is 22.4 Å². The van der Waals surface area contributed by atoms with Crippen molar-refractivity contribution in [3.05, 3.63) is 90.2 Å². The van der Waals surface area contributed by atoms with Crippen molar-refractivity contribution in [2.45, 2.75) is 17.9 Å². The van der Waals surface area contributed by atoms with Gasteiger partial charge in [-0.25, -0.2) is 8.42 Å². The molecule has 0 spiro atoms. The minimum atomic E-state index is -3.66. The summed E-state index contributed by atoms with van der Waals surface area (Å²) in [5.74, 6) is 0.442. The Kier molecular flexibility index (Phi) is 6.48. The van der Waals surface area contributed by atoms with Crippen LogP contribution in [0.3, 0.4) is 0 Å². The highest BCUT2D eigenvalue weighted by Gasteiger charge is 2.21. The maximum Gasteiger partial charge on any atom is 0.243 e. The number of benzene rings is 3. The summed E-state index contributed by atoms with van der Waals surface area (Å²) >= 11 is 0. The predicted octanol–water partition coefficient (Wildman–Crippen LogP) is 4.44. The number of ether oxygens (including phenoxy) is 1. The van der Waals surface area contributed by atoms with E-state index in [1.807, 2.05) is 36.4 Å². The second-order valence-corrected chi connectivity index (χ2v) is 9.66. The van der Waals surface area contributed by atoms with E-state index in [-0.39, 0.29) is 23.8 Å². The quantitative estimate of drug-likeness (QED) is 0.416. The summed E-state index contributed by atoms with van der Waals surface area (Å²) in [5, 5.41) is 3.61. The van der Waals surface area contributed by atoms with Gasteiger partial charge in [0.2, 0.25) is 15.9 Å². The number of sulfonamides is 1. The summed E-state index contributed by atoms with van der Waals surface area (Å²) in [4.78, 5) is 12.7. The molecule has 4 aromatic rings. The Hall–Kier alpha value is -3.62. The number of furan rings is 1. The van der Waals surface area contributed by atoms with Crippen LogP contribution in [0.5, 0.6) is 5.75 Å². The zero-order chi connectivity index (χ0) is 23.4. The molecule has 1 heterocycles. The number of hydrogen-bond acceptors (Lipinski definition) is 5. The molecular weight excluding hydrogens is 440 g/mol. The first-order valence-electron chi connectivity index (χ1n) is 10.3. The Morgan fingerprint density at radius 2 is 1.76 bits per heavy atom. The lowest BCUT2D eigenvalue weighted by atomic mass is 10.1. The summed E-state index contributed by atoms with van der Waals surface area (Å²) in [7, 11) is -0.534. The van der Waals surface area contributed by atoms with E-state index >= 15 is 0 Å². The number of rotatable bonds is 8. The van der Waals surface area contributed by atoms with Crippen LogP contribution in [0.4, 0.5) is 5.69 Å². The van der Waals surface area contributed by atoms with Gasteiger partial charge in [-0.05, 0) is 48.0 Å². The first-order valence-corrected chi connectivity index (χ1v) is 11.7. The molecule has 8 heteroatoms. The Balaban J connectivity index is 1.42. The summed E-state index contributed by atoms with van der Waals surface area (Å²) < 4.78 is 37.8. The van der Waals surface area contributed by atoms with Crippen molar-refractivity contribution in [1.29, 1.82) is 0 Å². The molecular formula is C25H24N2O5S. The van der Waals surface area contributed by atoms with Gasteiger partial charge in [-0.1, -0.05) is 30.3 Å². The fourth-order valence-electron chi connectivity index (χ4n) is 3.52. The summed E-state index contributed by atoms with van der Waals surface area (Å²) in [6.07, 6.45) is 1.67. The van der Waals surface area contributed by atoms with E-state index in [1.165, 1.54) is 16.4 Å². The number of carbonyl (C=O) groups excluding carboxylic acids is 1. The standard InChI is InChI=1S/C25H24N2O5S/c1-27(16-18-6-4-3-5-7-18)33(29,30)22-11-8-20(9-12-22)26-25(28)14-19-17-32-24-13-10-21(31-2)15-23(19)24/h3-13,15,17H,14,16H2,1-2H3,(H,26,28). The highest BCUT2D eigenvalue weighted by atomic mass is 32.2. The maximum atomic E-state index is 12.9. The van der Waals surface area contributed by atoms with Crippen molar-refractivity contribution in [2.75, 3.05) is 19.5 Å². The zero-order valence-electron chi connectivity index (χ0n) is 18.3. The van der Waals surface area contributed by atoms with Crippen molar-refractivity contribution in [3.8, 4) is 5.75 Å². The van der Waals surface area contributed by atoms with Crippen molar-refractivity contribution in [3.63, 3.8) is 0 Å². The van der Waals surface area contributed by atoms with Crippen LogP contribution < -0.4 is 10.1 Å². The predicted molar refractivity (Wildman–Crippen MR) is 127 cm³/mol. The fraction of sp³-hybridized carbons (Fsp3) is 0.160. The molecule has 0 unspecified atom stereocenters. The third kappa shape index (κ3) is 5.08. The fourth-order valence-corrected chi connectivity index (χ4v) is 4.68. The maximum absolute atomic E-state index is 12.9. The molecule has 0 fully saturated rings. The monoisotopic (exact) mass is 464 g/mol. The molecule has 0 aliphatic rings. The number of fused-ring (bicyclic) bond motifs is 1. The van der Waals surface area contributed by atoms with Crippen LogP contribution in [-0.2, 0) is 27.8 Å². The van der Waals surface area contributed by atoms with Crippen LogP contribution in [0, 0.1) is 0 Å². The second-order valence-electron chi connectivity index (χ2n) is 7.62. The topological polar surface area (TPSA) is 88.8 Å². The number of amides is 1. The third-order valence-electron chi connectivity index (χ3n) is 5.31. The van der Waals surface area contributed by atoms with E-state index < -0.39 is 10.0 Å². The number of anilines is 1. The number of carbonyl (C=O) groups is 1. The second kappa shape index (κ2) is 9.48. The minimum Gasteiger partial charge on any atom is -0.497 e. The van der Waals surface area contributed by atoms with Gasteiger partial charge in [0.05, 0.1) is 24.7 Å². The Labute approximate surface area is 192 Å². The lowest BCUT2D eigenvalue weighted by Gasteiger charge is -2.17. The molecule has 0 saturated carbocycles. The molecule has 1 aromatic heterocycles. The minimum absolute atomic E-state index is 0.111. The molecule has 33 heavy (non-hydrogen) atoms. The average molecular weight is 465 g/mol. The van der Waals surface area contributed by atoms with Crippen LogP contribution in [0.2, 0.25) is 0 Å². The molecule has 1 amide bonds. The molecule has 0 aliphatic carbocycles. The highest BCUT2D eigenvalue weighted by Crippen LogP contribution is 2.26. The first-order chi connectivity index (χ1) is 15.9.